The molecule has 1 rings (SSSR count). The van der Waals surface area contributed by atoms with Crippen molar-refractivity contribution in [1.29, 1.82) is 0 Å². The molecule has 0 aliphatic carbocycles. The quantitative estimate of drug-likeness (QED) is 0.0305. The van der Waals surface area contributed by atoms with Crippen molar-refractivity contribution >= 4 is 11.9 Å². The molecule has 1 aliphatic rings. The molecule has 1 aliphatic heterocycles. The number of carbonyl (C=O) groups excluding carboxylic acids is 2. The van der Waals surface area contributed by atoms with Crippen LogP contribution < -0.4 is 0 Å². The van der Waals surface area contributed by atoms with Gasteiger partial charge in [0.05, 0.1) is 12.2 Å². The molecule has 0 amide bonds. The van der Waals surface area contributed by atoms with Crippen LogP contribution in [0.25, 0.3) is 0 Å². The second-order valence-electron chi connectivity index (χ2n) is 14.5. The van der Waals surface area contributed by atoms with Gasteiger partial charge in [0.25, 0.3) is 0 Å². The Morgan fingerprint density at radius 3 is 1.40 bits per heavy atom. The van der Waals surface area contributed by atoms with Crippen molar-refractivity contribution in [2.24, 2.45) is 0 Å². The first-order chi connectivity index (χ1) is 23.6. The predicted octanol–water partition coefficient (Wildman–Crippen LogP) is 11.9. The van der Waals surface area contributed by atoms with Crippen LogP contribution in [0.2, 0.25) is 0 Å². The van der Waals surface area contributed by atoms with Gasteiger partial charge in [0, 0.05) is 12.8 Å². The summed E-state index contributed by atoms with van der Waals surface area (Å²) in [5.41, 5.74) is 0. The van der Waals surface area contributed by atoms with E-state index in [4.69, 9.17) is 14.2 Å². The van der Waals surface area contributed by atoms with Crippen molar-refractivity contribution in [3.63, 3.8) is 0 Å². The van der Waals surface area contributed by atoms with E-state index in [9.17, 15) is 14.7 Å². The Balaban J connectivity index is 1.79. The number of aliphatic hydroxyl groups is 1. The minimum Gasteiger partial charge on any atom is -0.463 e. The van der Waals surface area contributed by atoms with Crippen LogP contribution in [-0.4, -0.2) is 48.6 Å². The number of carbonyl (C=O) groups is 2. The molecule has 1 heterocycles. The van der Waals surface area contributed by atoms with Gasteiger partial charge < -0.3 is 19.3 Å². The molecule has 0 radical (unpaired) electrons. The summed E-state index contributed by atoms with van der Waals surface area (Å²) in [5, 5.41) is 10.0. The summed E-state index contributed by atoms with van der Waals surface area (Å²) in [7, 11) is 0. The van der Waals surface area contributed by atoms with E-state index in [0.29, 0.717) is 25.0 Å². The average Bonchev–Trinajstić information content (AvgIpc) is 3.84. The minimum absolute atomic E-state index is 0.119. The van der Waals surface area contributed by atoms with Gasteiger partial charge >= 0.3 is 11.9 Å². The summed E-state index contributed by atoms with van der Waals surface area (Å²) in [4.78, 5) is 24.0. The van der Waals surface area contributed by atoms with Crippen molar-refractivity contribution in [2.45, 2.75) is 231 Å². The zero-order valence-corrected chi connectivity index (χ0v) is 31.7. The summed E-state index contributed by atoms with van der Waals surface area (Å²) in [5.74, 6) is -0.577. The monoisotopic (exact) mass is 679 g/mol. The van der Waals surface area contributed by atoms with Gasteiger partial charge in [0.1, 0.15) is 19.3 Å². The van der Waals surface area contributed by atoms with E-state index in [2.05, 4.69) is 26.0 Å². The van der Waals surface area contributed by atoms with E-state index in [1.165, 1.54) is 128 Å². The lowest BCUT2D eigenvalue weighted by molar-refractivity contribution is -0.152. The SMILES string of the molecule is CCCCC/C=C\CC1OC1CCCCCCCC(=O)OC[C@H](O)COC(=O)CCCCCCCCCCCCCCCCCCCC. The number of rotatable bonds is 37. The second kappa shape index (κ2) is 34.1. The topological polar surface area (TPSA) is 85.4 Å². The normalized spacial score (nSPS) is 16.4. The van der Waals surface area contributed by atoms with E-state index in [1.54, 1.807) is 0 Å². The molecule has 1 saturated heterocycles. The van der Waals surface area contributed by atoms with Crippen LogP contribution in [0.5, 0.6) is 0 Å². The number of allylic oxidation sites excluding steroid dienone is 1. The van der Waals surface area contributed by atoms with Gasteiger partial charge in [-0.1, -0.05) is 174 Å². The maximum Gasteiger partial charge on any atom is 0.305 e. The molecule has 0 aromatic heterocycles. The van der Waals surface area contributed by atoms with Crippen molar-refractivity contribution in [1.82, 2.24) is 0 Å². The highest BCUT2D eigenvalue weighted by Crippen LogP contribution is 2.30. The van der Waals surface area contributed by atoms with Gasteiger partial charge in [0.2, 0.25) is 0 Å². The average molecular weight is 679 g/mol. The van der Waals surface area contributed by atoms with Crippen LogP contribution in [-0.2, 0) is 23.8 Å². The highest BCUT2D eigenvalue weighted by molar-refractivity contribution is 5.69. The van der Waals surface area contributed by atoms with E-state index in [1.807, 2.05) is 0 Å². The summed E-state index contributed by atoms with van der Waals surface area (Å²) < 4.78 is 16.1. The molecule has 0 aromatic rings. The molecule has 0 saturated carbocycles. The first kappa shape index (κ1) is 44.6. The first-order valence-electron chi connectivity index (χ1n) is 20.9. The Bertz CT molecular complexity index is 752. The van der Waals surface area contributed by atoms with Crippen LogP contribution in [0.3, 0.4) is 0 Å². The molecule has 0 aromatic carbocycles. The number of ether oxygens (including phenoxy) is 3. The van der Waals surface area contributed by atoms with E-state index < -0.39 is 6.10 Å². The number of epoxide rings is 1. The fourth-order valence-electron chi connectivity index (χ4n) is 6.39. The van der Waals surface area contributed by atoms with Gasteiger partial charge in [-0.05, 0) is 38.5 Å². The van der Waals surface area contributed by atoms with Crippen molar-refractivity contribution in [2.75, 3.05) is 13.2 Å². The molecule has 282 valence electrons. The van der Waals surface area contributed by atoms with Gasteiger partial charge in [-0.3, -0.25) is 9.59 Å². The predicted molar refractivity (Wildman–Crippen MR) is 200 cm³/mol. The molecule has 0 bridgehead atoms. The Morgan fingerprint density at radius 2 is 0.938 bits per heavy atom. The molecule has 3 atom stereocenters. The largest absolute Gasteiger partial charge is 0.463 e. The number of hydrogen-bond donors (Lipinski definition) is 1. The smallest absolute Gasteiger partial charge is 0.305 e. The Morgan fingerprint density at radius 1 is 0.542 bits per heavy atom. The molecule has 1 fully saturated rings. The summed E-state index contributed by atoms with van der Waals surface area (Å²) >= 11 is 0. The summed E-state index contributed by atoms with van der Waals surface area (Å²) in [6, 6.07) is 0. The van der Waals surface area contributed by atoms with Gasteiger partial charge in [-0.25, -0.2) is 0 Å². The third-order valence-corrected chi connectivity index (χ3v) is 9.67. The van der Waals surface area contributed by atoms with Crippen LogP contribution in [0.1, 0.15) is 213 Å². The lowest BCUT2D eigenvalue weighted by Gasteiger charge is -2.12. The van der Waals surface area contributed by atoms with Gasteiger partial charge in [-0.15, -0.1) is 0 Å². The molecular weight excluding hydrogens is 600 g/mol. The number of unbranched alkanes of at least 4 members (excludes halogenated alkanes) is 24. The maximum atomic E-state index is 12.0. The third-order valence-electron chi connectivity index (χ3n) is 9.67. The van der Waals surface area contributed by atoms with E-state index >= 15 is 0 Å². The van der Waals surface area contributed by atoms with E-state index in [-0.39, 0.29) is 25.2 Å². The number of aliphatic hydroxyl groups excluding tert-OH is 1. The molecule has 6 heteroatoms. The fourth-order valence-corrected chi connectivity index (χ4v) is 6.39. The molecule has 48 heavy (non-hydrogen) atoms. The lowest BCUT2D eigenvalue weighted by Crippen LogP contribution is -2.25. The highest BCUT2D eigenvalue weighted by Gasteiger charge is 2.36. The molecule has 0 spiro atoms. The van der Waals surface area contributed by atoms with Crippen LogP contribution in [0, 0.1) is 0 Å². The summed E-state index contributed by atoms with van der Waals surface area (Å²) in [6.45, 7) is 4.27. The number of esters is 2. The molecule has 6 nitrogen and oxygen atoms in total. The van der Waals surface area contributed by atoms with Crippen LogP contribution >= 0.6 is 0 Å². The molecule has 1 N–H and O–H groups in total. The van der Waals surface area contributed by atoms with Gasteiger partial charge in [0.15, 0.2) is 0 Å². The van der Waals surface area contributed by atoms with Crippen LogP contribution in [0.15, 0.2) is 12.2 Å². The maximum absolute atomic E-state index is 12.0. The third kappa shape index (κ3) is 30.6. The second-order valence-corrected chi connectivity index (χ2v) is 14.5. The highest BCUT2D eigenvalue weighted by atomic mass is 16.6. The van der Waals surface area contributed by atoms with Crippen LogP contribution in [0.4, 0.5) is 0 Å². The van der Waals surface area contributed by atoms with E-state index in [0.717, 1.165) is 57.8 Å². The Hall–Kier alpha value is -1.40. The van der Waals surface area contributed by atoms with Crippen molar-refractivity contribution < 1.29 is 28.9 Å². The molecular formula is C42H78O6. The minimum atomic E-state index is -0.969. The Kier molecular flexibility index (Phi) is 31.7. The first-order valence-corrected chi connectivity index (χ1v) is 20.9. The zero-order chi connectivity index (χ0) is 34.8. The standard InChI is InChI=1S/C42H78O6/c1-3-5-7-9-11-12-13-14-15-16-17-18-19-20-21-22-26-30-34-41(44)46-36-38(43)37-47-42(45)35-31-27-23-25-29-33-40-39(48-40)32-28-24-10-8-6-4-2/h24,28,38-40,43H,3-23,25-27,29-37H2,1-2H3/b28-24-/t38-,39?,40?/m1/s1. The van der Waals surface area contributed by atoms with Crippen molar-refractivity contribution in [3.05, 3.63) is 12.2 Å². The Labute approximate surface area is 296 Å². The zero-order valence-electron chi connectivity index (χ0n) is 31.7. The molecule has 2 unspecified atom stereocenters. The lowest BCUT2D eigenvalue weighted by atomic mass is 10.0. The fraction of sp³-hybridized carbons (Fsp3) is 0.905. The van der Waals surface area contributed by atoms with Gasteiger partial charge in [-0.2, -0.15) is 0 Å². The van der Waals surface area contributed by atoms with Crippen molar-refractivity contribution in [3.8, 4) is 0 Å². The summed E-state index contributed by atoms with van der Waals surface area (Å²) in [6.07, 6.45) is 41.5. The number of hydrogen-bond acceptors (Lipinski definition) is 6.